The molecule has 1 amide bonds. The maximum atomic E-state index is 12.3. The Labute approximate surface area is 149 Å². The van der Waals surface area contributed by atoms with E-state index in [2.05, 4.69) is 31.4 Å². The molecule has 2 rings (SSSR count). The van der Waals surface area contributed by atoms with E-state index in [9.17, 15) is 14.9 Å². The van der Waals surface area contributed by atoms with Crippen LogP contribution < -0.4 is 10.6 Å². The fourth-order valence-corrected chi connectivity index (χ4v) is 3.69. The third-order valence-electron chi connectivity index (χ3n) is 5.11. The maximum Gasteiger partial charge on any atom is 0.271 e. The fourth-order valence-electron chi connectivity index (χ4n) is 3.69. The number of non-ortho nitro benzene ring substituents is 1. The Balaban J connectivity index is 1.96. The van der Waals surface area contributed by atoms with Gasteiger partial charge in [-0.1, -0.05) is 39.7 Å². The first-order chi connectivity index (χ1) is 11.7. The number of aryl methyl sites for hydroxylation is 1. The molecule has 0 radical (unpaired) electrons. The molecule has 1 aliphatic rings. The average molecular weight is 347 g/mol. The highest BCUT2D eigenvalue weighted by atomic mass is 16.6. The van der Waals surface area contributed by atoms with Gasteiger partial charge < -0.3 is 10.6 Å². The molecule has 138 valence electrons. The Morgan fingerprint density at radius 1 is 1.28 bits per heavy atom. The van der Waals surface area contributed by atoms with E-state index in [0.717, 1.165) is 12.0 Å². The van der Waals surface area contributed by atoms with Crippen molar-refractivity contribution in [3.05, 3.63) is 33.9 Å². The van der Waals surface area contributed by atoms with Crippen LogP contribution in [0.25, 0.3) is 0 Å². The van der Waals surface area contributed by atoms with Crippen molar-refractivity contribution < 1.29 is 9.72 Å². The van der Waals surface area contributed by atoms with E-state index in [1.807, 2.05) is 6.92 Å². The van der Waals surface area contributed by atoms with Gasteiger partial charge in [-0.05, 0) is 36.7 Å². The molecule has 2 unspecified atom stereocenters. The number of hydrogen-bond donors (Lipinski definition) is 2. The van der Waals surface area contributed by atoms with Gasteiger partial charge in [-0.2, -0.15) is 0 Å². The zero-order chi connectivity index (χ0) is 18.6. The summed E-state index contributed by atoms with van der Waals surface area (Å²) in [5.74, 6) is 0.385. The summed E-state index contributed by atoms with van der Waals surface area (Å²) >= 11 is 0. The van der Waals surface area contributed by atoms with Crippen LogP contribution in [0.5, 0.6) is 0 Å². The molecule has 0 aromatic heterocycles. The van der Waals surface area contributed by atoms with Gasteiger partial charge in [0.15, 0.2) is 0 Å². The summed E-state index contributed by atoms with van der Waals surface area (Å²) in [6.45, 7) is 8.81. The van der Waals surface area contributed by atoms with Crippen LogP contribution in [0.2, 0.25) is 0 Å². The molecule has 1 aromatic carbocycles. The lowest BCUT2D eigenvalue weighted by Gasteiger charge is -2.40. The molecule has 1 aromatic rings. The lowest BCUT2D eigenvalue weighted by Crippen LogP contribution is -2.46. The minimum atomic E-state index is -0.455. The average Bonchev–Trinajstić information content (AvgIpc) is 2.54. The summed E-state index contributed by atoms with van der Waals surface area (Å²) in [6.07, 6.45) is 4.72. The molecule has 1 fully saturated rings. The normalized spacial score (nSPS) is 21.0. The highest BCUT2D eigenvalue weighted by molar-refractivity contribution is 5.93. The fraction of sp³-hybridized carbons (Fsp3) is 0.632. The van der Waals surface area contributed by atoms with Gasteiger partial charge in [-0.25, -0.2) is 0 Å². The summed E-state index contributed by atoms with van der Waals surface area (Å²) in [7, 11) is 0. The highest BCUT2D eigenvalue weighted by Crippen LogP contribution is 2.37. The van der Waals surface area contributed by atoms with Crippen LogP contribution in [0, 0.1) is 28.4 Å². The van der Waals surface area contributed by atoms with Gasteiger partial charge in [0.05, 0.1) is 17.2 Å². The Morgan fingerprint density at radius 2 is 1.96 bits per heavy atom. The molecule has 1 aliphatic carbocycles. The molecular weight excluding hydrogens is 318 g/mol. The number of nitrogens with zero attached hydrogens (tertiary/aromatic N) is 1. The topological polar surface area (TPSA) is 84.3 Å². The summed E-state index contributed by atoms with van der Waals surface area (Å²) in [4.78, 5) is 22.7. The molecule has 0 saturated heterocycles. The van der Waals surface area contributed by atoms with Gasteiger partial charge in [0.1, 0.15) is 0 Å². The molecule has 25 heavy (non-hydrogen) atoms. The summed E-state index contributed by atoms with van der Waals surface area (Å²) in [5.41, 5.74) is 1.50. The molecule has 6 nitrogen and oxygen atoms in total. The van der Waals surface area contributed by atoms with E-state index >= 15 is 0 Å². The number of nitro benzene ring substituents is 1. The quantitative estimate of drug-likeness (QED) is 0.622. The van der Waals surface area contributed by atoms with Crippen molar-refractivity contribution in [2.75, 3.05) is 11.9 Å². The van der Waals surface area contributed by atoms with Gasteiger partial charge in [0.2, 0.25) is 5.91 Å². The first-order valence-electron chi connectivity index (χ1n) is 8.97. The van der Waals surface area contributed by atoms with Crippen molar-refractivity contribution >= 4 is 17.3 Å². The predicted octanol–water partition coefficient (Wildman–Crippen LogP) is 4.04. The zero-order valence-electron chi connectivity index (χ0n) is 15.6. The van der Waals surface area contributed by atoms with Crippen molar-refractivity contribution in [2.24, 2.45) is 11.3 Å². The number of benzene rings is 1. The van der Waals surface area contributed by atoms with Gasteiger partial charge in [-0.3, -0.25) is 14.9 Å². The van der Waals surface area contributed by atoms with E-state index < -0.39 is 4.92 Å². The van der Waals surface area contributed by atoms with Crippen molar-refractivity contribution in [3.63, 3.8) is 0 Å². The highest BCUT2D eigenvalue weighted by Gasteiger charge is 2.33. The molecule has 2 atom stereocenters. The number of hydrogen-bond acceptors (Lipinski definition) is 4. The van der Waals surface area contributed by atoms with E-state index in [1.54, 1.807) is 6.07 Å². The Bertz CT molecular complexity index is 637. The molecule has 1 saturated carbocycles. The van der Waals surface area contributed by atoms with Crippen LogP contribution in [0.1, 0.15) is 52.0 Å². The minimum absolute atomic E-state index is 0.0195. The number of rotatable bonds is 5. The smallest absolute Gasteiger partial charge is 0.271 e. The molecule has 0 heterocycles. The lowest BCUT2D eigenvalue weighted by molar-refractivity contribution is -0.384. The van der Waals surface area contributed by atoms with Crippen molar-refractivity contribution in [1.82, 2.24) is 5.32 Å². The monoisotopic (exact) mass is 347 g/mol. The number of amides is 1. The maximum absolute atomic E-state index is 12.3. The Kier molecular flexibility index (Phi) is 6.16. The molecular formula is C19H29N3O3. The first-order valence-corrected chi connectivity index (χ1v) is 8.97. The third-order valence-corrected chi connectivity index (χ3v) is 5.11. The van der Waals surface area contributed by atoms with Gasteiger partial charge in [0.25, 0.3) is 5.69 Å². The van der Waals surface area contributed by atoms with Gasteiger partial charge in [0, 0.05) is 18.2 Å². The van der Waals surface area contributed by atoms with E-state index in [4.69, 9.17) is 0 Å². The van der Waals surface area contributed by atoms with Crippen LogP contribution in [0.15, 0.2) is 18.2 Å². The summed E-state index contributed by atoms with van der Waals surface area (Å²) in [5, 5.41) is 17.1. The number of carbonyl (C=O) groups excluding carboxylic acids is 1. The SMILES string of the molecule is Cc1ccc([N+](=O)[O-])cc1NC(=O)CNC1CCCCC1C(C)(C)C. The molecule has 0 spiro atoms. The molecule has 0 bridgehead atoms. The van der Waals surface area contributed by atoms with Crippen LogP contribution in [-0.2, 0) is 4.79 Å². The second-order valence-electron chi connectivity index (χ2n) is 8.05. The number of nitrogens with one attached hydrogen (secondary N) is 2. The zero-order valence-corrected chi connectivity index (χ0v) is 15.6. The molecule has 0 aliphatic heterocycles. The predicted molar refractivity (Wildman–Crippen MR) is 99.7 cm³/mol. The third kappa shape index (κ3) is 5.26. The van der Waals surface area contributed by atoms with Crippen molar-refractivity contribution in [1.29, 1.82) is 0 Å². The standard InChI is InChI=1S/C19H29N3O3/c1-13-9-10-14(22(24)25)11-17(13)21-18(23)12-20-16-8-6-5-7-15(16)19(2,3)4/h9-11,15-16,20H,5-8,12H2,1-4H3,(H,21,23). The summed E-state index contributed by atoms with van der Waals surface area (Å²) in [6, 6.07) is 4.84. The number of anilines is 1. The van der Waals surface area contributed by atoms with Crippen LogP contribution in [0.4, 0.5) is 11.4 Å². The van der Waals surface area contributed by atoms with Crippen LogP contribution in [0.3, 0.4) is 0 Å². The van der Waals surface area contributed by atoms with Crippen molar-refractivity contribution in [2.45, 2.75) is 59.4 Å². The minimum Gasteiger partial charge on any atom is -0.324 e. The largest absolute Gasteiger partial charge is 0.324 e. The van der Waals surface area contributed by atoms with Crippen molar-refractivity contribution in [3.8, 4) is 0 Å². The molecule has 6 heteroatoms. The Hall–Kier alpha value is -1.95. The number of carbonyl (C=O) groups is 1. The second-order valence-corrected chi connectivity index (χ2v) is 8.05. The molecule has 2 N–H and O–H groups in total. The van der Waals surface area contributed by atoms with E-state index in [-0.39, 0.29) is 23.6 Å². The summed E-state index contributed by atoms with van der Waals surface area (Å²) < 4.78 is 0. The number of nitro groups is 1. The van der Waals surface area contributed by atoms with Gasteiger partial charge in [-0.15, -0.1) is 0 Å². The Morgan fingerprint density at radius 3 is 2.60 bits per heavy atom. The lowest BCUT2D eigenvalue weighted by atomic mass is 9.69. The van der Waals surface area contributed by atoms with Gasteiger partial charge >= 0.3 is 0 Å². The van der Waals surface area contributed by atoms with Crippen LogP contribution >= 0.6 is 0 Å². The second kappa shape index (κ2) is 7.95. The van der Waals surface area contributed by atoms with Crippen LogP contribution in [-0.4, -0.2) is 23.4 Å². The first kappa shape index (κ1) is 19.4. The van der Waals surface area contributed by atoms with E-state index in [1.165, 1.54) is 31.4 Å². The van der Waals surface area contributed by atoms with E-state index in [0.29, 0.717) is 17.6 Å².